The van der Waals surface area contributed by atoms with Crippen molar-refractivity contribution in [3.05, 3.63) is 48.0 Å². The van der Waals surface area contributed by atoms with E-state index in [0.29, 0.717) is 0 Å². The Morgan fingerprint density at radius 3 is 2.35 bits per heavy atom. The quantitative estimate of drug-likeness (QED) is 0.696. The second kappa shape index (κ2) is 5.46. The topological polar surface area (TPSA) is 42.4 Å². The molecule has 7 heteroatoms. The number of nitrogens with zero attached hydrogens (tertiary/aromatic N) is 1. The highest BCUT2D eigenvalue weighted by molar-refractivity contribution is 5.70. The summed E-state index contributed by atoms with van der Waals surface area (Å²) < 4.78 is 54.5. The molecule has 1 aromatic heterocycles. The van der Waals surface area contributed by atoms with Crippen LogP contribution in [0, 0.1) is 5.95 Å². The van der Waals surface area contributed by atoms with E-state index in [-0.39, 0.29) is 16.8 Å². The molecule has 0 aliphatic carbocycles. The maximum absolute atomic E-state index is 13.8. The summed E-state index contributed by atoms with van der Waals surface area (Å²) in [7, 11) is 0. The van der Waals surface area contributed by atoms with Crippen LogP contribution in [0.1, 0.15) is 5.69 Å². The fourth-order valence-corrected chi connectivity index (χ4v) is 1.66. The van der Waals surface area contributed by atoms with E-state index in [9.17, 15) is 17.6 Å². The molecule has 0 saturated heterocycles. The second-order valence-corrected chi connectivity index (χ2v) is 3.84. The van der Waals surface area contributed by atoms with Gasteiger partial charge in [0.05, 0.1) is 12.3 Å². The van der Waals surface area contributed by atoms with Crippen LogP contribution in [0.25, 0.3) is 11.1 Å². The van der Waals surface area contributed by atoms with Gasteiger partial charge in [-0.05, 0) is 18.2 Å². The largest absolute Gasteiger partial charge is 0.573 e. The smallest absolute Gasteiger partial charge is 0.405 e. The van der Waals surface area contributed by atoms with Crippen molar-refractivity contribution in [2.45, 2.75) is 13.0 Å². The molecule has 0 spiro atoms. The van der Waals surface area contributed by atoms with Crippen LogP contribution < -0.4 is 4.74 Å². The number of alkyl halides is 3. The zero-order valence-electron chi connectivity index (χ0n) is 9.99. The van der Waals surface area contributed by atoms with Crippen molar-refractivity contribution in [3.8, 4) is 16.9 Å². The molecular formula is C13H9F4NO2. The first-order valence-electron chi connectivity index (χ1n) is 5.52. The predicted octanol–water partition coefficient (Wildman–Crippen LogP) is 3.28. The number of aromatic nitrogens is 1. The molecule has 0 amide bonds. The van der Waals surface area contributed by atoms with Crippen LogP contribution >= 0.6 is 0 Å². The van der Waals surface area contributed by atoms with Crippen LogP contribution in [0.2, 0.25) is 0 Å². The molecule has 0 aliphatic heterocycles. The average molecular weight is 287 g/mol. The summed E-state index contributed by atoms with van der Waals surface area (Å²) in [6, 6.07) is 7.74. The van der Waals surface area contributed by atoms with Gasteiger partial charge in [-0.25, -0.2) is 4.98 Å². The van der Waals surface area contributed by atoms with Crippen LogP contribution in [0.3, 0.4) is 0 Å². The Morgan fingerprint density at radius 2 is 1.75 bits per heavy atom. The minimum absolute atomic E-state index is 0.0701. The van der Waals surface area contributed by atoms with Gasteiger partial charge in [0.15, 0.2) is 0 Å². The summed E-state index contributed by atoms with van der Waals surface area (Å²) in [5.41, 5.74) is -0.123. The van der Waals surface area contributed by atoms with E-state index >= 15 is 0 Å². The zero-order valence-corrected chi connectivity index (χ0v) is 9.99. The van der Waals surface area contributed by atoms with Gasteiger partial charge in [0.2, 0.25) is 5.95 Å². The third-order valence-corrected chi connectivity index (χ3v) is 2.47. The lowest BCUT2D eigenvalue weighted by Crippen LogP contribution is -2.17. The lowest BCUT2D eigenvalue weighted by atomic mass is 10.1. The van der Waals surface area contributed by atoms with Crippen molar-refractivity contribution in [2.24, 2.45) is 0 Å². The van der Waals surface area contributed by atoms with E-state index in [1.165, 1.54) is 30.3 Å². The first-order chi connectivity index (χ1) is 9.40. The van der Waals surface area contributed by atoms with Gasteiger partial charge < -0.3 is 9.84 Å². The molecule has 20 heavy (non-hydrogen) atoms. The first kappa shape index (κ1) is 14.3. The molecule has 1 aromatic carbocycles. The van der Waals surface area contributed by atoms with Crippen molar-refractivity contribution < 1.29 is 27.4 Å². The van der Waals surface area contributed by atoms with Crippen molar-refractivity contribution in [1.29, 1.82) is 0 Å². The summed E-state index contributed by atoms with van der Waals surface area (Å²) >= 11 is 0. The molecule has 106 valence electrons. The summed E-state index contributed by atoms with van der Waals surface area (Å²) in [5.74, 6) is -1.49. The lowest BCUT2D eigenvalue weighted by Gasteiger charge is -2.13. The summed E-state index contributed by atoms with van der Waals surface area (Å²) in [4.78, 5) is 3.45. The Kier molecular flexibility index (Phi) is 3.89. The van der Waals surface area contributed by atoms with E-state index in [1.54, 1.807) is 0 Å². The normalized spacial score (nSPS) is 11.4. The molecule has 0 fully saturated rings. The maximum atomic E-state index is 13.8. The predicted molar refractivity (Wildman–Crippen MR) is 62.2 cm³/mol. The third kappa shape index (κ3) is 3.24. The van der Waals surface area contributed by atoms with Gasteiger partial charge in [-0.3, -0.25) is 0 Å². The highest BCUT2D eigenvalue weighted by atomic mass is 19.4. The number of aliphatic hydroxyl groups is 1. The van der Waals surface area contributed by atoms with E-state index in [1.807, 2.05) is 0 Å². The van der Waals surface area contributed by atoms with Gasteiger partial charge in [-0.1, -0.05) is 18.2 Å². The van der Waals surface area contributed by atoms with Gasteiger partial charge in [0.1, 0.15) is 5.75 Å². The fraction of sp³-hybridized carbons (Fsp3) is 0.154. The summed E-state index contributed by atoms with van der Waals surface area (Å²) in [6.45, 7) is -0.460. The van der Waals surface area contributed by atoms with Gasteiger partial charge in [-0.15, -0.1) is 13.2 Å². The van der Waals surface area contributed by atoms with E-state index in [0.717, 1.165) is 6.07 Å². The Bertz CT molecular complexity index is 614. The van der Waals surface area contributed by atoms with Crippen LogP contribution in [0.15, 0.2) is 36.4 Å². The number of para-hydroxylation sites is 1. The number of pyridine rings is 1. The summed E-state index contributed by atoms with van der Waals surface area (Å²) in [5, 5.41) is 8.83. The Morgan fingerprint density at radius 1 is 1.05 bits per heavy atom. The van der Waals surface area contributed by atoms with Crippen LogP contribution in [-0.2, 0) is 6.61 Å². The highest BCUT2D eigenvalue weighted by Crippen LogP contribution is 2.34. The molecule has 0 aliphatic rings. The highest BCUT2D eigenvalue weighted by Gasteiger charge is 2.32. The van der Waals surface area contributed by atoms with Crippen molar-refractivity contribution in [3.63, 3.8) is 0 Å². The molecule has 1 heterocycles. The number of hydrogen-bond donors (Lipinski definition) is 1. The van der Waals surface area contributed by atoms with Crippen LogP contribution in [-0.4, -0.2) is 16.5 Å². The molecule has 0 saturated carbocycles. The SMILES string of the molecule is OCc1ccc(-c2ccccc2OC(F)(F)F)c(F)n1. The van der Waals surface area contributed by atoms with E-state index in [4.69, 9.17) is 5.11 Å². The molecule has 0 atom stereocenters. The first-order valence-corrected chi connectivity index (χ1v) is 5.52. The standard InChI is InChI=1S/C13H9F4NO2/c14-12-10(6-5-8(7-19)18-12)9-3-1-2-4-11(9)20-13(15,16)17/h1-6,19H,7H2. The monoisotopic (exact) mass is 287 g/mol. The number of halogens is 4. The van der Waals surface area contributed by atoms with Crippen molar-refractivity contribution >= 4 is 0 Å². The molecule has 1 N–H and O–H groups in total. The van der Waals surface area contributed by atoms with Gasteiger partial charge in [0.25, 0.3) is 0 Å². The Labute approximate surface area is 111 Å². The fourth-order valence-electron chi connectivity index (χ4n) is 1.66. The Balaban J connectivity index is 2.47. The molecule has 0 unspecified atom stereocenters. The van der Waals surface area contributed by atoms with E-state index in [2.05, 4.69) is 9.72 Å². The van der Waals surface area contributed by atoms with Gasteiger partial charge in [0, 0.05) is 11.1 Å². The molecule has 2 rings (SSSR count). The van der Waals surface area contributed by atoms with Crippen molar-refractivity contribution in [1.82, 2.24) is 4.98 Å². The number of aliphatic hydroxyl groups excluding tert-OH is 1. The number of ether oxygens (including phenoxy) is 1. The maximum Gasteiger partial charge on any atom is 0.573 e. The van der Waals surface area contributed by atoms with Gasteiger partial charge in [-0.2, -0.15) is 4.39 Å². The molecule has 0 radical (unpaired) electrons. The van der Waals surface area contributed by atoms with Gasteiger partial charge >= 0.3 is 6.36 Å². The van der Waals surface area contributed by atoms with Crippen molar-refractivity contribution in [2.75, 3.05) is 0 Å². The van der Waals surface area contributed by atoms with Crippen LogP contribution in [0.5, 0.6) is 5.75 Å². The third-order valence-electron chi connectivity index (χ3n) is 2.47. The number of rotatable bonds is 3. The number of hydrogen-bond acceptors (Lipinski definition) is 3. The molecule has 2 aromatic rings. The zero-order chi connectivity index (χ0) is 14.8. The molecule has 0 bridgehead atoms. The van der Waals surface area contributed by atoms with E-state index < -0.39 is 24.7 Å². The average Bonchev–Trinajstić information content (AvgIpc) is 2.38. The lowest BCUT2D eigenvalue weighted by molar-refractivity contribution is -0.274. The second-order valence-electron chi connectivity index (χ2n) is 3.84. The molecule has 3 nitrogen and oxygen atoms in total. The minimum Gasteiger partial charge on any atom is -0.405 e. The molecular weight excluding hydrogens is 278 g/mol. The summed E-state index contributed by atoms with van der Waals surface area (Å²) in [6.07, 6.45) is -4.87. The van der Waals surface area contributed by atoms with Crippen LogP contribution in [0.4, 0.5) is 17.6 Å². The minimum atomic E-state index is -4.87. The Hall–Kier alpha value is -2.15. The number of benzene rings is 1.